The lowest BCUT2D eigenvalue weighted by atomic mass is 10.2. The van der Waals surface area contributed by atoms with Gasteiger partial charge < -0.3 is 0 Å². The molecule has 2 aromatic carbocycles. The maximum absolute atomic E-state index is 13.8. The van der Waals surface area contributed by atoms with Crippen molar-refractivity contribution < 1.29 is 8.78 Å². The highest BCUT2D eigenvalue weighted by atomic mass is 79.9. The van der Waals surface area contributed by atoms with Gasteiger partial charge in [0.05, 0.1) is 4.47 Å². The Labute approximate surface area is 125 Å². The lowest BCUT2D eigenvalue weighted by Crippen LogP contribution is -1.94. The predicted molar refractivity (Wildman–Crippen MR) is 77.8 cm³/mol. The molecule has 0 saturated carbocycles. The fraction of sp³-hybridized carbons (Fsp3) is 0.0769. The molecule has 0 bridgehead atoms. The fourth-order valence-corrected chi connectivity index (χ4v) is 3.36. The first-order chi connectivity index (χ1) is 8.59. The molecule has 0 atom stereocenters. The molecule has 2 rings (SSSR count). The largest absolute Gasteiger partial charge is 0.207 e. The van der Waals surface area contributed by atoms with E-state index in [2.05, 4.69) is 31.9 Å². The molecule has 0 saturated heterocycles. The maximum atomic E-state index is 13.8. The highest BCUT2D eigenvalue weighted by molar-refractivity contribution is 9.10. The summed E-state index contributed by atoms with van der Waals surface area (Å²) in [6.45, 7) is 0. The number of hydrogen-bond donors (Lipinski definition) is 0. The van der Waals surface area contributed by atoms with Crippen LogP contribution in [0.1, 0.15) is 5.56 Å². The SMILES string of the molecule is Fc1ccc(Br)c(F)c1CSc1ccccc1Br. The Hall–Kier alpha value is -0.390. The second-order valence-electron chi connectivity index (χ2n) is 3.54. The van der Waals surface area contributed by atoms with Crippen molar-refractivity contribution in [3.63, 3.8) is 0 Å². The summed E-state index contributed by atoms with van der Waals surface area (Å²) in [5, 5.41) is 0. The summed E-state index contributed by atoms with van der Waals surface area (Å²) in [5.74, 6) is -0.801. The highest BCUT2D eigenvalue weighted by Gasteiger charge is 2.13. The minimum Gasteiger partial charge on any atom is -0.207 e. The molecule has 0 aliphatic rings. The lowest BCUT2D eigenvalue weighted by Gasteiger charge is -2.07. The van der Waals surface area contributed by atoms with Gasteiger partial charge in [0, 0.05) is 20.7 Å². The second kappa shape index (κ2) is 6.17. The van der Waals surface area contributed by atoms with Gasteiger partial charge in [0.15, 0.2) is 0 Å². The molecule has 0 nitrogen and oxygen atoms in total. The van der Waals surface area contributed by atoms with Crippen molar-refractivity contribution in [3.05, 3.63) is 62.5 Å². The molecule has 94 valence electrons. The zero-order chi connectivity index (χ0) is 13.1. The molecule has 0 aliphatic heterocycles. The first-order valence-electron chi connectivity index (χ1n) is 5.09. The highest BCUT2D eigenvalue weighted by Crippen LogP contribution is 2.32. The van der Waals surface area contributed by atoms with Gasteiger partial charge in [-0.15, -0.1) is 11.8 Å². The standard InChI is InChI=1S/C13H8Br2F2S/c14-9-3-1-2-4-12(9)18-7-8-11(16)6-5-10(15)13(8)17/h1-6H,7H2. The Balaban J connectivity index is 2.21. The van der Waals surface area contributed by atoms with Gasteiger partial charge in [0.25, 0.3) is 0 Å². The molecule has 0 N–H and O–H groups in total. The molecule has 0 unspecified atom stereocenters. The van der Waals surface area contributed by atoms with Crippen LogP contribution in [0.15, 0.2) is 50.2 Å². The summed E-state index contributed by atoms with van der Waals surface area (Å²) in [4.78, 5) is 0.955. The molecule has 0 aliphatic carbocycles. The molecule has 0 aromatic heterocycles. The van der Waals surface area contributed by atoms with Crippen LogP contribution >= 0.6 is 43.6 Å². The van der Waals surface area contributed by atoms with Crippen molar-refractivity contribution >= 4 is 43.6 Å². The van der Waals surface area contributed by atoms with E-state index >= 15 is 0 Å². The number of halogens is 4. The smallest absolute Gasteiger partial charge is 0.144 e. The Morgan fingerprint density at radius 3 is 2.39 bits per heavy atom. The number of hydrogen-bond acceptors (Lipinski definition) is 1. The summed E-state index contributed by atoms with van der Waals surface area (Å²) in [7, 11) is 0. The van der Waals surface area contributed by atoms with Gasteiger partial charge in [-0.2, -0.15) is 0 Å². The van der Waals surface area contributed by atoms with E-state index in [-0.39, 0.29) is 15.8 Å². The monoisotopic (exact) mass is 392 g/mol. The summed E-state index contributed by atoms with van der Waals surface area (Å²) in [6.07, 6.45) is 0. The van der Waals surface area contributed by atoms with E-state index in [1.807, 2.05) is 24.3 Å². The second-order valence-corrected chi connectivity index (χ2v) is 6.27. The van der Waals surface area contributed by atoms with Gasteiger partial charge in [0.2, 0.25) is 0 Å². The van der Waals surface area contributed by atoms with Crippen LogP contribution in [0.5, 0.6) is 0 Å². The van der Waals surface area contributed by atoms with Crippen LogP contribution < -0.4 is 0 Å². The predicted octanol–water partition coefficient (Wildman–Crippen LogP) is 5.78. The molecule has 18 heavy (non-hydrogen) atoms. The topological polar surface area (TPSA) is 0 Å². The van der Waals surface area contributed by atoms with Crippen molar-refractivity contribution in [3.8, 4) is 0 Å². The van der Waals surface area contributed by atoms with Crippen LogP contribution in [0.2, 0.25) is 0 Å². The molecule has 5 heteroatoms. The molecule has 0 spiro atoms. The lowest BCUT2D eigenvalue weighted by molar-refractivity contribution is 0.562. The zero-order valence-electron chi connectivity index (χ0n) is 9.09. The first-order valence-corrected chi connectivity index (χ1v) is 7.66. The third kappa shape index (κ3) is 3.13. The van der Waals surface area contributed by atoms with Crippen molar-refractivity contribution in [1.29, 1.82) is 0 Å². The van der Waals surface area contributed by atoms with Gasteiger partial charge in [-0.3, -0.25) is 0 Å². The summed E-state index contributed by atoms with van der Waals surface area (Å²) < 4.78 is 28.5. The molecule has 0 fully saturated rings. The normalized spacial score (nSPS) is 10.7. The van der Waals surface area contributed by atoms with Gasteiger partial charge in [-0.05, 0) is 56.1 Å². The van der Waals surface area contributed by atoms with Gasteiger partial charge in [-0.25, -0.2) is 8.78 Å². The Bertz CT molecular complexity index is 573. The average Bonchev–Trinajstić information content (AvgIpc) is 2.36. The summed E-state index contributed by atoms with van der Waals surface area (Å²) in [6, 6.07) is 10.2. The van der Waals surface area contributed by atoms with Crippen LogP contribution in [0.4, 0.5) is 8.78 Å². The molecule has 0 radical (unpaired) electrons. The Morgan fingerprint density at radius 2 is 1.67 bits per heavy atom. The third-order valence-corrected chi connectivity index (χ3v) is 5.01. The van der Waals surface area contributed by atoms with E-state index < -0.39 is 11.6 Å². The average molecular weight is 394 g/mol. The van der Waals surface area contributed by atoms with Gasteiger partial charge in [0.1, 0.15) is 11.6 Å². The van der Waals surface area contributed by atoms with Crippen LogP contribution in [0.25, 0.3) is 0 Å². The Kier molecular flexibility index (Phi) is 4.81. The van der Waals surface area contributed by atoms with Crippen molar-refractivity contribution in [1.82, 2.24) is 0 Å². The minimum absolute atomic E-state index is 0.0881. The van der Waals surface area contributed by atoms with E-state index in [1.54, 1.807) is 0 Å². The van der Waals surface area contributed by atoms with E-state index in [9.17, 15) is 8.78 Å². The van der Waals surface area contributed by atoms with E-state index in [1.165, 1.54) is 23.9 Å². The van der Waals surface area contributed by atoms with Crippen LogP contribution in [-0.4, -0.2) is 0 Å². The van der Waals surface area contributed by atoms with Gasteiger partial charge >= 0.3 is 0 Å². The van der Waals surface area contributed by atoms with Crippen LogP contribution in [-0.2, 0) is 5.75 Å². The van der Waals surface area contributed by atoms with E-state index in [0.717, 1.165) is 9.37 Å². The molecular weight excluding hydrogens is 386 g/mol. The minimum atomic E-state index is -0.533. The maximum Gasteiger partial charge on any atom is 0.144 e. The molecule has 0 amide bonds. The fourth-order valence-electron chi connectivity index (χ4n) is 1.41. The summed E-state index contributed by atoms with van der Waals surface area (Å²) in [5.41, 5.74) is 0.0881. The van der Waals surface area contributed by atoms with Gasteiger partial charge in [-0.1, -0.05) is 12.1 Å². The van der Waals surface area contributed by atoms with E-state index in [0.29, 0.717) is 0 Å². The summed E-state index contributed by atoms with van der Waals surface area (Å²) >= 11 is 7.85. The molecule has 0 heterocycles. The Morgan fingerprint density at radius 1 is 0.944 bits per heavy atom. The van der Waals surface area contributed by atoms with E-state index in [4.69, 9.17) is 0 Å². The zero-order valence-corrected chi connectivity index (χ0v) is 13.1. The first kappa shape index (κ1) is 14.0. The number of benzene rings is 2. The number of rotatable bonds is 3. The number of thioether (sulfide) groups is 1. The molecule has 2 aromatic rings. The molecular formula is C13H8Br2F2S. The van der Waals surface area contributed by atoms with Crippen LogP contribution in [0, 0.1) is 11.6 Å². The van der Waals surface area contributed by atoms with Crippen molar-refractivity contribution in [2.45, 2.75) is 10.6 Å². The van der Waals surface area contributed by atoms with Crippen LogP contribution in [0.3, 0.4) is 0 Å². The quantitative estimate of drug-likeness (QED) is 0.470. The van der Waals surface area contributed by atoms with Crippen molar-refractivity contribution in [2.75, 3.05) is 0 Å². The van der Waals surface area contributed by atoms with Crippen molar-refractivity contribution in [2.24, 2.45) is 0 Å². The third-order valence-electron chi connectivity index (χ3n) is 2.35.